The van der Waals surface area contributed by atoms with E-state index in [0.29, 0.717) is 25.3 Å². The van der Waals surface area contributed by atoms with E-state index in [1.54, 1.807) is 0 Å². The van der Waals surface area contributed by atoms with Crippen molar-refractivity contribution >= 4 is 16.7 Å². The molecular weight excluding hydrogens is 228 g/mol. The maximum absolute atomic E-state index is 10.7. The van der Waals surface area contributed by atoms with Crippen LogP contribution in [0.1, 0.15) is 6.42 Å². The van der Waals surface area contributed by atoms with Crippen molar-refractivity contribution in [3.05, 3.63) is 22.2 Å². The summed E-state index contributed by atoms with van der Waals surface area (Å²) in [5.74, 6) is 0.403. The van der Waals surface area contributed by atoms with Gasteiger partial charge in [-0.05, 0) is 29.3 Å². The van der Waals surface area contributed by atoms with E-state index in [4.69, 9.17) is 10.5 Å². The SMILES string of the molecule is NCCCOc1ccc([N+](=O)[O-])c2nonc12. The smallest absolute Gasteiger partial charge is 0.301 e. The summed E-state index contributed by atoms with van der Waals surface area (Å²) in [5, 5.41) is 17.8. The lowest BCUT2D eigenvalue weighted by Crippen LogP contribution is -2.06. The van der Waals surface area contributed by atoms with Crippen molar-refractivity contribution in [3.63, 3.8) is 0 Å². The summed E-state index contributed by atoms with van der Waals surface area (Å²) in [7, 11) is 0. The van der Waals surface area contributed by atoms with E-state index >= 15 is 0 Å². The Kier molecular flexibility index (Phi) is 3.15. The predicted octanol–water partition coefficient (Wildman–Crippen LogP) is 0.859. The highest BCUT2D eigenvalue weighted by atomic mass is 16.6. The fraction of sp³-hybridized carbons (Fsp3) is 0.333. The molecule has 1 aromatic heterocycles. The third-order valence-electron chi connectivity index (χ3n) is 2.16. The second-order valence-electron chi connectivity index (χ2n) is 3.29. The van der Waals surface area contributed by atoms with E-state index in [2.05, 4.69) is 14.9 Å². The van der Waals surface area contributed by atoms with Gasteiger partial charge in [-0.15, -0.1) is 0 Å². The summed E-state index contributed by atoms with van der Waals surface area (Å²) in [5.41, 5.74) is 5.50. The quantitative estimate of drug-likeness (QED) is 0.466. The molecule has 0 aliphatic carbocycles. The number of benzene rings is 1. The lowest BCUT2D eigenvalue weighted by atomic mass is 10.2. The van der Waals surface area contributed by atoms with Gasteiger partial charge in [-0.25, -0.2) is 4.63 Å². The molecule has 0 amide bonds. The number of hydrogen-bond donors (Lipinski definition) is 1. The number of nitrogens with zero attached hydrogens (tertiary/aromatic N) is 3. The van der Waals surface area contributed by atoms with Gasteiger partial charge in [-0.3, -0.25) is 10.1 Å². The summed E-state index contributed by atoms with van der Waals surface area (Å²) < 4.78 is 9.88. The number of nitro benzene ring substituents is 1. The zero-order chi connectivity index (χ0) is 12.3. The van der Waals surface area contributed by atoms with Gasteiger partial charge >= 0.3 is 5.69 Å². The Morgan fingerprint density at radius 3 is 2.88 bits per heavy atom. The fourth-order valence-corrected chi connectivity index (χ4v) is 1.36. The second-order valence-corrected chi connectivity index (χ2v) is 3.29. The summed E-state index contributed by atoms with van der Waals surface area (Å²) in [4.78, 5) is 10.2. The van der Waals surface area contributed by atoms with Gasteiger partial charge in [0, 0.05) is 6.07 Å². The first-order valence-electron chi connectivity index (χ1n) is 4.96. The van der Waals surface area contributed by atoms with Crippen LogP contribution in [0.4, 0.5) is 5.69 Å². The molecule has 8 nitrogen and oxygen atoms in total. The number of non-ortho nitro benzene ring substituents is 1. The molecule has 2 rings (SSSR count). The number of nitrogens with two attached hydrogens (primary N) is 1. The molecule has 2 N–H and O–H groups in total. The first-order valence-corrected chi connectivity index (χ1v) is 4.96. The normalized spacial score (nSPS) is 10.6. The maximum Gasteiger partial charge on any atom is 0.301 e. The molecule has 8 heteroatoms. The number of rotatable bonds is 5. The van der Waals surface area contributed by atoms with Gasteiger partial charge in [0.15, 0.2) is 11.3 Å². The minimum atomic E-state index is -0.545. The monoisotopic (exact) mass is 238 g/mol. The van der Waals surface area contributed by atoms with Crippen molar-refractivity contribution in [2.45, 2.75) is 6.42 Å². The molecule has 0 unspecified atom stereocenters. The number of hydrogen-bond acceptors (Lipinski definition) is 7. The topological polar surface area (TPSA) is 117 Å². The molecule has 0 atom stereocenters. The van der Waals surface area contributed by atoms with Crippen LogP contribution in [-0.4, -0.2) is 28.4 Å². The van der Waals surface area contributed by atoms with Crippen LogP contribution >= 0.6 is 0 Å². The highest BCUT2D eigenvalue weighted by Crippen LogP contribution is 2.30. The number of fused-ring (bicyclic) bond motifs is 1. The van der Waals surface area contributed by atoms with E-state index in [0.717, 1.165) is 0 Å². The molecule has 0 saturated carbocycles. The van der Waals surface area contributed by atoms with Gasteiger partial charge in [0.2, 0.25) is 5.52 Å². The third kappa shape index (κ3) is 2.16. The van der Waals surface area contributed by atoms with Crippen molar-refractivity contribution in [1.82, 2.24) is 10.3 Å². The van der Waals surface area contributed by atoms with E-state index in [1.807, 2.05) is 0 Å². The molecule has 0 aliphatic rings. The highest BCUT2D eigenvalue weighted by molar-refractivity contribution is 5.88. The second kappa shape index (κ2) is 4.74. The molecule has 0 fully saturated rings. The van der Waals surface area contributed by atoms with Gasteiger partial charge in [-0.2, -0.15) is 0 Å². The van der Waals surface area contributed by atoms with Gasteiger partial charge in [-0.1, -0.05) is 0 Å². The third-order valence-corrected chi connectivity index (χ3v) is 2.16. The lowest BCUT2D eigenvalue weighted by molar-refractivity contribution is -0.383. The van der Waals surface area contributed by atoms with E-state index < -0.39 is 4.92 Å². The zero-order valence-electron chi connectivity index (χ0n) is 8.83. The Labute approximate surface area is 95.5 Å². The molecule has 0 radical (unpaired) electrons. The highest BCUT2D eigenvalue weighted by Gasteiger charge is 2.20. The maximum atomic E-state index is 10.7. The molecule has 2 aromatic rings. The Balaban J connectivity index is 2.36. The Morgan fingerprint density at radius 1 is 1.41 bits per heavy atom. The number of nitro groups is 1. The molecular formula is C9H10N4O4. The summed E-state index contributed by atoms with van der Waals surface area (Å²) in [6.45, 7) is 0.920. The zero-order valence-corrected chi connectivity index (χ0v) is 8.83. The summed E-state index contributed by atoms with van der Waals surface area (Å²) in [6.07, 6.45) is 0.684. The van der Waals surface area contributed by atoms with Crippen LogP contribution in [-0.2, 0) is 0 Å². The number of ether oxygens (including phenoxy) is 1. The van der Waals surface area contributed by atoms with Crippen LogP contribution in [0, 0.1) is 10.1 Å². The van der Waals surface area contributed by atoms with Crippen molar-refractivity contribution in [1.29, 1.82) is 0 Å². The molecule has 90 valence electrons. The summed E-state index contributed by atoms with van der Waals surface area (Å²) in [6, 6.07) is 2.78. The predicted molar refractivity (Wildman–Crippen MR) is 57.6 cm³/mol. The molecule has 0 aliphatic heterocycles. The number of aromatic nitrogens is 2. The van der Waals surface area contributed by atoms with Crippen LogP contribution in [0.15, 0.2) is 16.8 Å². The van der Waals surface area contributed by atoms with Gasteiger partial charge < -0.3 is 10.5 Å². The minimum Gasteiger partial charge on any atom is -0.491 e. The average molecular weight is 238 g/mol. The Morgan fingerprint density at radius 2 is 2.18 bits per heavy atom. The molecule has 1 aromatic carbocycles. The van der Waals surface area contributed by atoms with Crippen LogP contribution in [0.5, 0.6) is 5.75 Å². The lowest BCUT2D eigenvalue weighted by Gasteiger charge is -2.04. The molecule has 17 heavy (non-hydrogen) atoms. The van der Waals surface area contributed by atoms with Crippen molar-refractivity contribution in [3.8, 4) is 5.75 Å². The Hall–Kier alpha value is -2.22. The standard InChI is InChI=1S/C9H10N4O4/c10-4-1-5-16-7-3-2-6(13(14)15)8-9(7)12-17-11-8/h2-3H,1,4-5,10H2. The van der Waals surface area contributed by atoms with Crippen LogP contribution in [0.3, 0.4) is 0 Å². The first-order chi connectivity index (χ1) is 8.24. The first kappa shape index (κ1) is 11.3. The minimum absolute atomic E-state index is 0.0836. The van der Waals surface area contributed by atoms with Crippen LogP contribution in [0.25, 0.3) is 11.0 Å². The Bertz CT molecular complexity index is 539. The van der Waals surface area contributed by atoms with Crippen molar-refractivity contribution in [2.75, 3.05) is 13.2 Å². The van der Waals surface area contributed by atoms with Crippen molar-refractivity contribution < 1.29 is 14.3 Å². The average Bonchev–Trinajstić information content (AvgIpc) is 2.78. The van der Waals surface area contributed by atoms with E-state index in [9.17, 15) is 10.1 Å². The van der Waals surface area contributed by atoms with Crippen LogP contribution in [0.2, 0.25) is 0 Å². The summed E-state index contributed by atoms with van der Waals surface area (Å²) >= 11 is 0. The molecule has 1 heterocycles. The molecule has 0 spiro atoms. The van der Waals surface area contributed by atoms with Crippen LogP contribution < -0.4 is 10.5 Å². The molecule has 0 bridgehead atoms. The van der Waals surface area contributed by atoms with Gasteiger partial charge in [0.1, 0.15) is 0 Å². The molecule has 0 saturated heterocycles. The van der Waals surface area contributed by atoms with E-state index in [1.165, 1.54) is 12.1 Å². The van der Waals surface area contributed by atoms with E-state index in [-0.39, 0.29) is 16.7 Å². The van der Waals surface area contributed by atoms with Gasteiger partial charge in [0.25, 0.3) is 0 Å². The fourth-order valence-electron chi connectivity index (χ4n) is 1.36. The van der Waals surface area contributed by atoms with Crippen molar-refractivity contribution in [2.24, 2.45) is 5.73 Å². The van der Waals surface area contributed by atoms with Gasteiger partial charge in [0.05, 0.1) is 11.5 Å². The largest absolute Gasteiger partial charge is 0.491 e.